The third-order valence-corrected chi connectivity index (χ3v) is 5.39. The fourth-order valence-electron chi connectivity index (χ4n) is 3.01. The summed E-state index contributed by atoms with van der Waals surface area (Å²) in [5.74, 6) is 1.29. The van der Waals surface area contributed by atoms with E-state index in [0.717, 1.165) is 33.2 Å². The molecule has 0 unspecified atom stereocenters. The van der Waals surface area contributed by atoms with Gasteiger partial charge in [0, 0.05) is 11.1 Å². The lowest BCUT2D eigenvalue weighted by molar-refractivity contribution is 0.866. The summed E-state index contributed by atoms with van der Waals surface area (Å²) >= 11 is 1.69. The third kappa shape index (κ3) is 3.20. The van der Waals surface area contributed by atoms with Crippen LogP contribution in [0.5, 0.6) is 0 Å². The van der Waals surface area contributed by atoms with Crippen molar-refractivity contribution in [2.75, 3.05) is 0 Å². The van der Waals surface area contributed by atoms with Crippen molar-refractivity contribution >= 4 is 28.6 Å². The SMILES string of the molecule is Cc1ccc2c(c1)C(c1cccs1)=NNC(c1ccc(C(C)C)cc1)=N2. The molecule has 2 heterocycles. The second-order valence-electron chi connectivity index (χ2n) is 6.81. The quantitative estimate of drug-likeness (QED) is 0.648. The molecule has 2 aromatic carbocycles. The lowest BCUT2D eigenvalue weighted by Crippen LogP contribution is -2.19. The number of aryl methyl sites for hydroxylation is 1. The molecule has 3 nitrogen and oxygen atoms in total. The highest BCUT2D eigenvalue weighted by atomic mass is 32.1. The smallest absolute Gasteiger partial charge is 0.154 e. The van der Waals surface area contributed by atoms with Crippen molar-refractivity contribution in [3.05, 3.63) is 87.1 Å². The monoisotopic (exact) mass is 359 g/mol. The van der Waals surface area contributed by atoms with Crippen molar-refractivity contribution in [2.24, 2.45) is 10.1 Å². The zero-order valence-corrected chi connectivity index (χ0v) is 16.0. The van der Waals surface area contributed by atoms with Gasteiger partial charge < -0.3 is 0 Å². The molecule has 1 aromatic heterocycles. The molecule has 0 saturated carbocycles. The van der Waals surface area contributed by atoms with Crippen molar-refractivity contribution in [3.63, 3.8) is 0 Å². The standard InChI is InChI=1S/C22H21N3S/c1-14(2)16-7-9-17(10-8-16)22-23-19-11-6-15(3)13-18(19)21(24-25-22)20-5-4-12-26-20/h4-14H,1-3H3,(H,23,25). The zero-order chi connectivity index (χ0) is 18.1. The fraction of sp³-hybridized carbons (Fsp3) is 0.182. The maximum Gasteiger partial charge on any atom is 0.154 e. The molecule has 26 heavy (non-hydrogen) atoms. The highest BCUT2D eigenvalue weighted by Gasteiger charge is 2.18. The Hall–Kier alpha value is -2.72. The molecule has 0 radical (unpaired) electrons. The minimum absolute atomic E-state index is 0.514. The van der Waals surface area contributed by atoms with Crippen molar-refractivity contribution in [1.29, 1.82) is 0 Å². The Labute approximate surface area is 158 Å². The van der Waals surface area contributed by atoms with E-state index in [2.05, 4.69) is 86.2 Å². The van der Waals surface area contributed by atoms with Gasteiger partial charge in [-0.05, 0) is 42.0 Å². The number of nitrogens with one attached hydrogen (secondary N) is 1. The molecule has 1 N–H and O–H groups in total. The number of rotatable bonds is 3. The van der Waals surface area contributed by atoms with E-state index in [4.69, 9.17) is 10.1 Å². The number of nitrogens with zero attached hydrogens (tertiary/aromatic N) is 2. The Bertz CT molecular complexity index is 981. The fourth-order valence-corrected chi connectivity index (χ4v) is 3.74. The van der Waals surface area contributed by atoms with Crippen LogP contribution in [-0.4, -0.2) is 11.5 Å². The van der Waals surface area contributed by atoms with Gasteiger partial charge in [0.15, 0.2) is 5.84 Å². The number of thiophene rings is 1. The first-order valence-corrected chi connectivity index (χ1v) is 9.67. The average Bonchev–Trinajstić information content (AvgIpc) is 3.10. The van der Waals surface area contributed by atoms with Crippen LogP contribution >= 0.6 is 11.3 Å². The van der Waals surface area contributed by atoms with E-state index in [1.165, 1.54) is 11.1 Å². The predicted octanol–water partition coefficient (Wildman–Crippen LogP) is 5.61. The summed E-state index contributed by atoms with van der Waals surface area (Å²) < 4.78 is 0. The van der Waals surface area contributed by atoms with Gasteiger partial charge in [0.05, 0.1) is 10.6 Å². The molecule has 0 atom stereocenters. The maximum atomic E-state index is 4.88. The second-order valence-corrected chi connectivity index (χ2v) is 7.75. The summed E-state index contributed by atoms with van der Waals surface area (Å²) in [4.78, 5) is 6.02. The molecule has 0 amide bonds. The van der Waals surface area contributed by atoms with Gasteiger partial charge in [-0.1, -0.05) is 55.8 Å². The molecule has 1 aliphatic rings. The molecule has 0 saturated heterocycles. The summed E-state index contributed by atoms with van der Waals surface area (Å²) in [6.07, 6.45) is 0. The van der Waals surface area contributed by atoms with Gasteiger partial charge in [-0.3, -0.25) is 5.43 Å². The molecular weight excluding hydrogens is 338 g/mol. The lowest BCUT2D eigenvalue weighted by Gasteiger charge is -2.08. The molecule has 0 bridgehead atoms. The van der Waals surface area contributed by atoms with E-state index >= 15 is 0 Å². The number of aliphatic imine (C=N–C) groups is 1. The number of benzene rings is 2. The Morgan fingerprint density at radius 1 is 1.00 bits per heavy atom. The summed E-state index contributed by atoms with van der Waals surface area (Å²) in [5.41, 5.74) is 9.70. The minimum Gasteiger partial charge on any atom is -0.260 e. The summed E-state index contributed by atoms with van der Waals surface area (Å²) in [7, 11) is 0. The maximum absolute atomic E-state index is 4.88. The van der Waals surface area contributed by atoms with Gasteiger partial charge in [0.2, 0.25) is 0 Å². The van der Waals surface area contributed by atoms with Gasteiger partial charge in [-0.15, -0.1) is 11.3 Å². The normalized spacial score (nSPS) is 13.5. The Morgan fingerprint density at radius 3 is 2.50 bits per heavy atom. The molecular formula is C22H21N3S. The van der Waals surface area contributed by atoms with Crippen molar-refractivity contribution in [1.82, 2.24) is 5.43 Å². The van der Waals surface area contributed by atoms with Crippen LogP contribution in [0, 0.1) is 6.92 Å². The lowest BCUT2D eigenvalue weighted by atomic mass is 10.0. The Kier molecular flexibility index (Phi) is 4.43. The number of fused-ring (bicyclic) bond motifs is 1. The highest BCUT2D eigenvalue weighted by Crippen LogP contribution is 2.28. The third-order valence-electron chi connectivity index (χ3n) is 4.52. The highest BCUT2D eigenvalue weighted by molar-refractivity contribution is 7.12. The van der Waals surface area contributed by atoms with Crippen LogP contribution in [0.3, 0.4) is 0 Å². The van der Waals surface area contributed by atoms with Crippen LogP contribution in [0.2, 0.25) is 0 Å². The van der Waals surface area contributed by atoms with E-state index in [1.807, 2.05) is 0 Å². The van der Waals surface area contributed by atoms with Gasteiger partial charge >= 0.3 is 0 Å². The van der Waals surface area contributed by atoms with Gasteiger partial charge in [-0.25, -0.2) is 4.99 Å². The Morgan fingerprint density at radius 2 is 1.81 bits per heavy atom. The van der Waals surface area contributed by atoms with Gasteiger partial charge in [0.25, 0.3) is 0 Å². The summed E-state index contributed by atoms with van der Waals surface area (Å²) in [5, 5.41) is 6.78. The molecule has 3 aromatic rings. The molecule has 130 valence electrons. The Balaban J connectivity index is 1.80. The van der Waals surface area contributed by atoms with Gasteiger partial charge in [-0.2, -0.15) is 5.10 Å². The molecule has 0 spiro atoms. The van der Waals surface area contributed by atoms with E-state index in [0.29, 0.717) is 5.92 Å². The first-order valence-electron chi connectivity index (χ1n) is 8.79. The summed E-state index contributed by atoms with van der Waals surface area (Å²) in [6.45, 7) is 6.50. The van der Waals surface area contributed by atoms with Crippen molar-refractivity contribution in [3.8, 4) is 0 Å². The average molecular weight is 359 g/mol. The number of hydrazone groups is 1. The van der Waals surface area contributed by atoms with Gasteiger partial charge in [0.1, 0.15) is 5.71 Å². The molecule has 0 fully saturated rings. The summed E-state index contributed by atoms with van der Waals surface area (Å²) in [6, 6.07) is 19.0. The van der Waals surface area contributed by atoms with Crippen molar-refractivity contribution < 1.29 is 0 Å². The van der Waals surface area contributed by atoms with Crippen LogP contribution in [0.25, 0.3) is 0 Å². The molecule has 4 heteroatoms. The first kappa shape index (κ1) is 16.7. The predicted molar refractivity (Wildman–Crippen MR) is 111 cm³/mol. The van der Waals surface area contributed by atoms with Crippen LogP contribution in [0.15, 0.2) is 70.1 Å². The van der Waals surface area contributed by atoms with Crippen LogP contribution < -0.4 is 5.43 Å². The zero-order valence-electron chi connectivity index (χ0n) is 15.2. The first-order chi connectivity index (χ1) is 12.6. The largest absolute Gasteiger partial charge is 0.260 e. The van der Waals surface area contributed by atoms with Crippen LogP contribution in [-0.2, 0) is 0 Å². The number of hydrogen-bond acceptors (Lipinski definition) is 4. The van der Waals surface area contributed by atoms with Crippen LogP contribution in [0.4, 0.5) is 5.69 Å². The van der Waals surface area contributed by atoms with E-state index < -0.39 is 0 Å². The topological polar surface area (TPSA) is 36.8 Å². The van der Waals surface area contributed by atoms with E-state index in [-0.39, 0.29) is 0 Å². The second kappa shape index (κ2) is 6.89. The number of hydrogen-bond donors (Lipinski definition) is 1. The number of amidine groups is 1. The van der Waals surface area contributed by atoms with E-state index in [9.17, 15) is 0 Å². The molecule has 4 rings (SSSR count). The van der Waals surface area contributed by atoms with Crippen molar-refractivity contribution in [2.45, 2.75) is 26.7 Å². The van der Waals surface area contributed by atoms with Crippen LogP contribution in [0.1, 0.15) is 46.9 Å². The molecule has 1 aliphatic heterocycles. The van der Waals surface area contributed by atoms with E-state index in [1.54, 1.807) is 11.3 Å². The molecule has 0 aliphatic carbocycles. The minimum atomic E-state index is 0.514.